The van der Waals surface area contributed by atoms with Crippen molar-refractivity contribution in [3.63, 3.8) is 0 Å². The molecule has 3 nitrogen and oxygen atoms in total. The molecule has 0 spiro atoms. The summed E-state index contributed by atoms with van der Waals surface area (Å²) in [6.07, 6.45) is 4.24. The highest BCUT2D eigenvalue weighted by Gasteiger charge is 2.18. The lowest BCUT2D eigenvalue weighted by Gasteiger charge is -2.30. The molecule has 1 aromatic carbocycles. The van der Waals surface area contributed by atoms with E-state index in [0.29, 0.717) is 6.04 Å². The van der Waals surface area contributed by atoms with Crippen molar-refractivity contribution in [2.75, 3.05) is 13.1 Å². The highest BCUT2D eigenvalue weighted by atomic mass is 16.3. The summed E-state index contributed by atoms with van der Waals surface area (Å²) in [5, 5.41) is 1.23. The van der Waals surface area contributed by atoms with Gasteiger partial charge in [0.2, 0.25) is 0 Å². The van der Waals surface area contributed by atoms with Crippen LogP contribution in [0, 0.1) is 0 Å². The number of furan rings is 1. The van der Waals surface area contributed by atoms with Crippen molar-refractivity contribution in [1.82, 2.24) is 4.90 Å². The lowest BCUT2D eigenvalue weighted by atomic mass is 10.1. The minimum Gasteiger partial charge on any atom is -0.464 e. The Labute approximate surface area is 101 Å². The quantitative estimate of drug-likeness (QED) is 0.861. The minimum absolute atomic E-state index is 0.335. The Balaban J connectivity index is 1.80. The molecule has 3 heteroatoms. The number of fused-ring (bicyclic) bond motifs is 1. The summed E-state index contributed by atoms with van der Waals surface area (Å²) in [6.45, 7) is 3.09. The zero-order chi connectivity index (χ0) is 11.7. The maximum Gasteiger partial charge on any atom is 0.134 e. The average Bonchev–Trinajstić information content (AvgIpc) is 2.73. The van der Waals surface area contributed by atoms with E-state index in [1.807, 2.05) is 18.4 Å². The van der Waals surface area contributed by atoms with Gasteiger partial charge in [-0.1, -0.05) is 18.2 Å². The molecule has 1 fully saturated rings. The summed E-state index contributed by atoms with van der Waals surface area (Å²) in [5.41, 5.74) is 8.25. The molecule has 90 valence electrons. The third-order valence-corrected chi connectivity index (χ3v) is 3.50. The van der Waals surface area contributed by atoms with Crippen molar-refractivity contribution in [1.29, 1.82) is 0 Å². The van der Waals surface area contributed by atoms with Crippen molar-refractivity contribution in [2.45, 2.75) is 25.4 Å². The Bertz CT molecular complexity index is 506. The Morgan fingerprint density at radius 1 is 1.35 bits per heavy atom. The summed E-state index contributed by atoms with van der Waals surface area (Å²) < 4.78 is 5.56. The van der Waals surface area contributed by atoms with Crippen LogP contribution >= 0.6 is 0 Å². The molecule has 1 aliphatic rings. The van der Waals surface area contributed by atoms with Gasteiger partial charge in [0.25, 0.3) is 0 Å². The van der Waals surface area contributed by atoms with Gasteiger partial charge in [0, 0.05) is 30.1 Å². The Kier molecular flexibility index (Phi) is 2.87. The second-order valence-electron chi connectivity index (χ2n) is 4.89. The predicted molar refractivity (Wildman–Crippen MR) is 68.7 cm³/mol. The highest BCUT2D eigenvalue weighted by Crippen LogP contribution is 2.23. The van der Waals surface area contributed by atoms with E-state index in [4.69, 9.17) is 10.2 Å². The fraction of sp³-hybridized carbons (Fsp3) is 0.429. The molecule has 0 radical (unpaired) electrons. The molecule has 1 atom stereocenters. The van der Waals surface area contributed by atoms with Crippen LogP contribution in [0.2, 0.25) is 0 Å². The molecule has 2 N–H and O–H groups in total. The predicted octanol–water partition coefficient (Wildman–Crippen LogP) is 2.36. The maximum absolute atomic E-state index is 6.00. The topological polar surface area (TPSA) is 42.4 Å². The van der Waals surface area contributed by atoms with Crippen LogP contribution in [0.4, 0.5) is 0 Å². The second kappa shape index (κ2) is 4.51. The molecule has 2 heterocycles. The lowest BCUT2D eigenvalue weighted by Crippen LogP contribution is -2.42. The number of nitrogens with two attached hydrogens (primary N) is 1. The number of hydrogen-bond acceptors (Lipinski definition) is 3. The monoisotopic (exact) mass is 230 g/mol. The zero-order valence-corrected chi connectivity index (χ0v) is 9.93. The van der Waals surface area contributed by atoms with E-state index in [1.165, 1.54) is 17.4 Å². The van der Waals surface area contributed by atoms with Crippen LogP contribution in [0.3, 0.4) is 0 Å². The van der Waals surface area contributed by atoms with E-state index in [-0.39, 0.29) is 0 Å². The van der Waals surface area contributed by atoms with Gasteiger partial charge < -0.3 is 10.2 Å². The largest absolute Gasteiger partial charge is 0.464 e. The fourth-order valence-electron chi connectivity index (χ4n) is 2.63. The molecule has 0 amide bonds. The van der Waals surface area contributed by atoms with E-state index in [0.717, 1.165) is 31.6 Å². The fourth-order valence-corrected chi connectivity index (χ4v) is 2.63. The van der Waals surface area contributed by atoms with Crippen LogP contribution in [0.5, 0.6) is 0 Å². The van der Waals surface area contributed by atoms with Crippen molar-refractivity contribution >= 4 is 11.0 Å². The standard InChI is InChI=1S/C14H18N2O/c15-12-4-3-7-16(9-12)8-11-10-17-14-6-2-1-5-13(11)14/h1-2,5-6,10,12H,3-4,7-9,15H2. The maximum atomic E-state index is 6.00. The van der Waals surface area contributed by atoms with Gasteiger partial charge in [0.05, 0.1) is 6.26 Å². The molecule has 1 saturated heterocycles. The average molecular weight is 230 g/mol. The molecular weight excluding hydrogens is 212 g/mol. The summed E-state index contributed by atoms with van der Waals surface area (Å²) >= 11 is 0. The van der Waals surface area contributed by atoms with Crippen LogP contribution in [-0.2, 0) is 6.54 Å². The van der Waals surface area contributed by atoms with E-state index in [9.17, 15) is 0 Å². The molecule has 0 aliphatic carbocycles. The first kappa shape index (κ1) is 10.8. The lowest BCUT2D eigenvalue weighted by molar-refractivity contribution is 0.201. The van der Waals surface area contributed by atoms with E-state index in [2.05, 4.69) is 17.0 Å². The van der Waals surface area contributed by atoms with Gasteiger partial charge >= 0.3 is 0 Å². The van der Waals surface area contributed by atoms with Crippen LogP contribution in [0.25, 0.3) is 11.0 Å². The van der Waals surface area contributed by atoms with Gasteiger partial charge in [-0.3, -0.25) is 4.90 Å². The Hall–Kier alpha value is -1.32. The third-order valence-electron chi connectivity index (χ3n) is 3.50. The first-order valence-electron chi connectivity index (χ1n) is 6.26. The highest BCUT2D eigenvalue weighted by molar-refractivity contribution is 5.80. The van der Waals surface area contributed by atoms with Crippen LogP contribution in [0.15, 0.2) is 34.9 Å². The molecular formula is C14H18N2O. The number of hydrogen-bond donors (Lipinski definition) is 1. The third kappa shape index (κ3) is 2.21. The number of nitrogens with zero attached hydrogens (tertiary/aromatic N) is 1. The van der Waals surface area contributed by atoms with Gasteiger partial charge in [-0.2, -0.15) is 0 Å². The smallest absolute Gasteiger partial charge is 0.134 e. The SMILES string of the molecule is NC1CCCN(Cc2coc3ccccc23)C1. The van der Waals surface area contributed by atoms with Crippen LogP contribution in [0.1, 0.15) is 18.4 Å². The van der Waals surface area contributed by atoms with Crippen LogP contribution in [-0.4, -0.2) is 24.0 Å². The van der Waals surface area contributed by atoms with Crippen molar-refractivity contribution in [2.24, 2.45) is 5.73 Å². The molecule has 3 rings (SSSR count). The molecule has 2 aromatic rings. The molecule has 0 bridgehead atoms. The first-order chi connectivity index (χ1) is 8.33. The number of para-hydroxylation sites is 1. The molecule has 0 saturated carbocycles. The molecule has 17 heavy (non-hydrogen) atoms. The molecule has 1 unspecified atom stereocenters. The normalized spacial score (nSPS) is 22.1. The van der Waals surface area contributed by atoms with Crippen molar-refractivity contribution in [3.8, 4) is 0 Å². The van der Waals surface area contributed by atoms with E-state index >= 15 is 0 Å². The number of piperidine rings is 1. The molecule has 1 aliphatic heterocycles. The molecule has 1 aromatic heterocycles. The van der Waals surface area contributed by atoms with E-state index < -0.39 is 0 Å². The zero-order valence-electron chi connectivity index (χ0n) is 9.93. The Morgan fingerprint density at radius 2 is 2.24 bits per heavy atom. The van der Waals surface area contributed by atoms with Crippen LogP contribution < -0.4 is 5.73 Å². The van der Waals surface area contributed by atoms with Gasteiger partial charge in [-0.15, -0.1) is 0 Å². The van der Waals surface area contributed by atoms with Gasteiger partial charge in [0.1, 0.15) is 5.58 Å². The number of rotatable bonds is 2. The number of likely N-dealkylation sites (tertiary alicyclic amines) is 1. The van der Waals surface area contributed by atoms with Crippen molar-refractivity contribution in [3.05, 3.63) is 36.1 Å². The number of benzene rings is 1. The Morgan fingerprint density at radius 3 is 3.12 bits per heavy atom. The first-order valence-corrected chi connectivity index (χ1v) is 6.26. The summed E-state index contributed by atoms with van der Waals surface area (Å²) in [4.78, 5) is 2.42. The summed E-state index contributed by atoms with van der Waals surface area (Å²) in [5.74, 6) is 0. The van der Waals surface area contributed by atoms with E-state index in [1.54, 1.807) is 0 Å². The van der Waals surface area contributed by atoms with Gasteiger partial charge in [-0.25, -0.2) is 0 Å². The second-order valence-corrected chi connectivity index (χ2v) is 4.89. The summed E-state index contributed by atoms with van der Waals surface area (Å²) in [7, 11) is 0. The summed E-state index contributed by atoms with van der Waals surface area (Å²) in [6, 6.07) is 8.54. The van der Waals surface area contributed by atoms with Gasteiger partial charge in [0.15, 0.2) is 0 Å². The van der Waals surface area contributed by atoms with Crippen molar-refractivity contribution < 1.29 is 4.42 Å². The minimum atomic E-state index is 0.335. The van der Waals surface area contributed by atoms with Gasteiger partial charge in [-0.05, 0) is 25.5 Å².